The molecule has 4 heterocycles. The number of anilines is 1. The number of carbonyl (C=O) groups excluding carboxylic acids is 5. The minimum atomic E-state index is -5.73. The molecule has 0 unspecified atom stereocenters. The lowest BCUT2D eigenvalue weighted by atomic mass is 9.82. The van der Waals surface area contributed by atoms with Gasteiger partial charge in [0.25, 0.3) is 23.6 Å². The number of hydrogen-bond acceptors (Lipinski definition) is 8. The zero-order valence-electron chi connectivity index (χ0n) is 47.9. The molecule has 0 radical (unpaired) electrons. The van der Waals surface area contributed by atoms with Crippen molar-refractivity contribution >= 4 is 112 Å². The molecule has 10 aromatic rings. The lowest BCUT2D eigenvalue weighted by Gasteiger charge is -2.35. The summed E-state index contributed by atoms with van der Waals surface area (Å²) in [5.41, 5.74) is -0.818. The number of aryl methyl sites for hydroxylation is 2. The molecular formula is C71H56F6N2O6S2. The molecule has 0 bridgehead atoms. The number of hydrogen-bond donors (Lipinski definition) is 0. The standard InChI is InChI=1S/C71H56F6N2O6S2/c1-5-7-9-14-18-43(19-15-10-8-6-2)78-64(80)50-32-28-46-48-30-34-52-61-53(35-31-49(59(48)61)47-29-33-51(65(78)81)60(50)58(46)47)67(83)79(66(52)82)44-24-26-45(27-25-44)85-68(84)42-22-20-41(21-23-42)57-37-55(39(4)87-57)63-62(69(72,73)71(76,77)70(63,74)75)54-36-56(86-38(54)3)40-16-12-11-13-17-40/h11-13,16-17,20-37,43H,5-10,14-15,18-19H2,1-4H3. The molecule has 0 fully saturated rings. The van der Waals surface area contributed by atoms with Crippen molar-refractivity contribution in [1.82, 2.24) is 4.90 Å². The third-order valence-corrected chi connectivity index (χ3v) is 19.8. The van der Waals surface area contributed by atoms with Gasteiger partial charge in [0.1, 0.15) is 5.75 Å². The van der Waals surface area contributed by atoms with Gasteiger partial charge in [-0.15, -0.1) is 22.7 Å². The Morgan fingerprint density at radius 1 is 0.483 bits per heavy atom. The smallest absolute Gasteiger partial charge is 0.380 e. The first-order chi connectivity index (χ1) is 41.8. The second kappa shape index (κ2) is 21.7. The van der Waals surface area contributed by atoms with Crippen LogP contribution in [0.2, 0.25) is 0 Å². The van der Waals surface area contributed by atoms with Gasteiger partial charge < -0.3 is 4.74 Å². The van der Waals surface area contributed by atoms with Crippen LogP contribution >= 0.6 is 22.7 Å². The maximum Gasteiger partial charge on any atom is 0.380 e. The van der Waals surface area contributed by atoms with E-state index < -0.39 is 52.3 Å². The van der Waals surface area contributed by atoms with Crippen LogP contribution in [0.5, 0.6) is 5.75 Å². The highest BCUT2D eigenvalue weighted by atomic mass is 32.1. The first-order valence-electron chi connectivity index (χ1n) is 29.3. The molecule has 8 aromatic carbocycles. The summed E-state index contributed by atoms with van der Waals surface area (Å²) in [4.78, 5) is 75.6. The summed E-state index contributed by atoms with van der Waals surface area (Å²) in [6, 6.07) is 37.1. The van der Waals surface area contributed by atoms with Crippen LogP contribution in [-0.2, 0) is 0 Å². The molecule has 8 nitrogen and oxygen atoms in total. The Bertz CT molecular complexity index is 4400. The first-order valence-corrected chi connectivity index (χ1v) is 31.0. The van der Waals surface area contributed by atoms with Crippen molar-refractivity contribution in [2.45, 2.75) is 116 Å². The van der Waals surface area contributed by atoms with Gasteiger partial charge in [-0.3, -0.25) is 24.1 Å². The normalized spacial score (nSPS) is 16.1. The highest BCUT2D eigenvalue weighted by molar-refractivity contribution is 7.16. The number of thiophene rings is 2. The Morgan fingerprint density at radius 3 is 1.34 bits per heavy atom. The quantitative estimate of drug-likeness (QED) is 0.0161. The Kier molecular flexibility index (Phi) is 14.4. The molecule has 440 valence electrons. The molecule has 0 N–H and O–H groups in total. The third-order valence-electron chi connectivity index (χ3n) is 17.6. The average Bonchev–Trinajstić information content (AvgIpc) is 1.65. The predicted molar refractivity (Wildman–Crippen MR) is 333 cm³/mol. The molecule has 16 heteroatoms. The van der Waals surface area contributed by atoms with E-state index in [1.54, 1.807) is 42.5 Å². The predicted octanol–water partition coefficient (Wildman–Crippen LogP) is 19.6. The molecule has 2 aromatic heterocycles. The van der Waals surface area contributed by atoms with Gasteiger partial charge in [-0.1, -0.05) is 132 Å². The molecule has 4 amide bonds. The number of amides is 4. The fourth-order valence-electron chi connectivity index (χ4n) is 13.2. The van der Waals surface area contributed by atoms with E-state index in [-0.39, 0.29) is 50.2 Å². The fourth-order valence-corrected chi connectivity index (χ4v) is 15.3. The summed E-state index contributed by atoms with van der Waals surface area (Å²) < 4.78 is 100. The third kappa shape index (κ3) is 9.01. The number of benzene rings is 8. The van der Waals surface area contributed by atoms with E-state index in [2.05, 4.69) is 13.8 Å². The maximum absolute atomic E-state index is 16.0. The van der Waals surface area contributed by atoms with Crippen LogP contribution in [0.3, 0.4) is 0 Å². The topological polar surface area (TPSA) is 101 Å². The second-order valence-corrected chi connectivity index (χ2v) is 25.4. The van der Waals surface area contributed by atoms with E-state index in [1.165, 1.54) is 79.4 Å². The fraction of sp³-hybridized carbons (Fsp3) is 0.254. The zero-order chi connectivity index (χ0) is 61.0. The second-order valence-electron chi connectivity index (χ2n) is 22.9. The van der Waals surface area contributed by atoms with Crippen LogP contribution in [0, 0.1) is 13.8 Å². The zero-order valence-corrected chi connectivity index (χ0v) is 49.5. The number of rotatable bonds is 18. The molecule has 0 saturated heterocycles. The molecule has 87 heavy (non-hydrogen) atoms. The average molecular weight is 1210 g/mol. The number of allylic oxidation sites excluding steroid dienone is 2. The van der Waals surface area contributed by atoms with Crippen LogP contribution in [-0.4, -0.2) is 58.3 Å². The Hall–Kier alpha value is -8.47. The Labute approximate surface area is 505 Å². The van der Waals surface area contributed by atoms with Crippen molar-refractivity contribution in [1.29, 1.82) is 0 Å². The van der Waals surface area contributed by atoms with Crippen molar-refractivity contribution in [3.63, 3.8) is 0 Å². The maximum atomic E-state index is 16.0. The SMILES string of the molecule is CCCCCCC(CCCCCC)N1C(=O)c2ccc3c4ccc5c6c(ccc(c7ccc(c2c37)C1=O)c64)C(=O)N(c1ccc(OC(=O)c2ccc(-c3cc(C4=C(c6cc(-c7ccccc7)sc6C)C(F)(F)C(F)(F)C4(F)F)c(C)s3)cc2)cc1)C5=O. The van der Waals surface area contributed by atoms with Crippen molar-refractivity contribution in [2.75, 3.05) is 4.90 Å². The van der Waals surface area contributed by atoms with Crippen LogP contribution in [0.4, 0.5) is 32.0 Å². The number of carbonyl (C=O) groups is 5. The van der Waals surface area contributed by atoms with Gasteiger partial charge in [0.15, 0.2) is 0 Å². The molecular weight excluding hydrogens is 1150 g/mol. The summed E-state index contributed by atoms with van der Waals surface area (Å²) in [5.74, 6) is -18.6. The van der Waals surface area contributed by atoms with Crippen LogP contribution in [0.1, 0.15) is 151 Å². The molecule has 0 saturated carbocycles. The summed E-state index contributed by atoms with van der Waals surface area (Å²) >= 11 is 1.99. The minimum absolute atomic E-state index is 0.0739. The van der Waals surface area contributed by atoms with E-state index in [0.717, 1.165) is 119 Å². The summed E-state index contributed by atoms with van der Waals surface area (Å²) in [5, 5.41) is 5.72. The van der Waals surface area contributed by atoms with Gasteiger partial charge in [0, 0.05) is 69.7 Å². The summed E-state index contributed by atoms with van der Waals surface area (Å²) in [7, 11) is 0. The lowest BCUT2D eigenvalue weighted by molar-refractivity contribution is -0.254. The summed E-state index contributed by atoms with van der Waals surface area (Å²) in [6.45, 7) is 7.17. The summed E-state index contributed by atoms with van der Waals surface area (Å²) in [6.07, 6.45) is 9.86. The molecule has 0 spiro atoms. The number of halogens is 6. The van der Waals surface area contributed by atoms with E-state index in [0.29, 0.717) is 59.3 Å². The molecule has 13 rings (SSSR count). The number of nitrogens with zero attached hydrogens (tertiary/aromatic N) is 2. The molecule has 0 atom stereocenters. The molecule has 3 aliphatic rings. The van der Waals surface area contributed by atoms with Crippen molar-refractivity contribution in [3.8, 4) is 26.6 Å². The van der Waals surface area contributed by atoms with Gasteiger partial charge in [0.2, 0.25) is 0 Å². The van der Waals surface area contributed by atoms with Gasteiger partial charge in [-0.2, -0.15) is 26.3 Å². The van der Waals surface area contributed by atoms with Gasteiger partial charge in [0.05, 0.1) is 11.3 Å². The monoisotopic (exact) mass is 1210 g/mol. The van der Waals surface area contributed by atoms with Crippen LogP contribution in [0.25, 0.3) is 75.1 Å². The Balaban J connectivity index is 0.745. The number of ether oxygens (including phenoxy) is 1. The van der Waals surface area contributed by atoms with Crippen LogP contribution in [0.15, 0.2) is 140 Å². The van der Waals surface area contributed by atoms with Gasteiger partial charge in [-0.05, 0) is 154 Å². The van der Waals surface area contributed by atoms with Crippen molar-refractivity contribution < 1.29 is 55.1 Å². The Morgan fingerprint density at radius 2 is 0.908 bits per heavy atom. The van der Waals surface area contributed by atoms with E-state index in [4.69, 9.17) is 4.74 Å². The lowest BCUT2D eigenvalue weighted by Crippen LogP contribution is -2.48. The van der Waals surface area contributed by atoms with E-state index in [1.807, 2.05) is 36.4 Å². The number of alkyl halides is 6. The minimum Gasteiger partial charge on any atom is -0.423 e. The highest BCUT2D eigenvalue weighted by Crippen LogP contribution is 2.66. The van der Waals surface area contributed by atoms with Gasteiger partial charge >= 0.3 is 23.7 Å². The largest absolute Gasteiger partial charge is 0.423 e. The van der Waals surface area contributed by atoms with E-state index >= 15 is 26.3 Å². The van der Waals surface area contributed by atoms with Crippen LogP contribution < -0.4 is 9.64 Å². The number of fused-ring (bicyclic) bond motifs is 2. The van der Waals surface area contributed by atoms with Gasteiger partial charge in [-0.25, -0.2) is 9.69 Å². The molecule has 1 aliphatic carbocycles. The number of imide groups is 2. The number of unbranched alkanes of at least 4 members (excludes halogenated alkanes) is 6. The van der Waals surface area contributed by atoms with E-state index in [9.17, 15) is 24.0 Å². The van der Waals surface area contributed by atoms with Crippen molar-refractivity contribution in [2.24, 2.45) is 0 Å². The first kappa shape index (κ1) is 57.6. The van der Waals surface area contributed by atoms with Crippen molar-refractivity contribution in [3.05, 3.63) is 188 Å². The highest BCUT2D eigenvalue weighted by Gasteiger charge is 2.80. The molecule has 2 aliphatic heterocycles. The number of esters is 1.